The fourth-order valence-corrected chi connectivity index (χ4v) is 11.2. The first kappa shape index (κ1) is 42.5. The molecule has 0 aliphatic carbocycles. The molecule has 2 aromatic carbocycles. The van der Waals surface area contributed by atoms with E-state index in [1.165, 1.54) is 6.07 Å². The van der Waals surface area contributed by atoms with Gasteiger partial charge in [-0.05, 0) is 92.3 Å². The maximum Gasteiger partial charge on any atom is 0.264 e. The summed E-state index contributed by atoms with van der Waals surface area (Å²) in [6.45, 7) is 10.2. The van der Waals surface area contributed by atoms with Gasteiger partial charge in [0.25, 0.3) is 18.2 Å². The quantitative estimate of drug-likeness (QED) is 0.319. The Hall–Kier alpha value is -5.42. The lowest BCUT2D eigenvalue weighted by molar-refractivity contribution is -0.137. The number of amides is 5. The minimum atomic E-state index is -2.84. The summed E-state index contributed by atoms with van der Waals surface area (Å²) in [5.74, 6) is -0.124. The molecule has 5 amide bonds. The van der Waals surface area contributed by atoms with E-state index in [9.17, 15) is 24.0 Å². The van der Waals surface area contributed by atoms with Crippen molar-refractivity contribution in [3.05, 3.63) is 69.4 Å². The highest BCUT2D eigenvalue weighted by Gasteiger charge is 2.40. The average Bonchev–Trinajstić information content (AvgIpc) is 3.85. The first-order valence-electron chi connectivity index (χ1n) is 23.2. The number of aryl methyl sites for hydroxylation is 1. The van der Waals surface area contributed by atoms with Crippen LogP contribution in [0.15, 0.2) is 30.3 Å². The summed E-state index contributed by atoms with van der Waals surface area (Å²) >= 11 is 0. The number of imide groups is 1. The van der Waals surface area contributed by atoms with Gasteiger partial charge < -0.3 is 29.2 Å². The average molecular weight is 882 g/mol. The van der Waals surface area contributed by atoms with E-state index in [2.05, 4.69) is 30.8 Å². The molecule has 340 valence electrons. The van der Waals surface area contributed by atoms with E-state index in [1.807, 2.05) is 17.0 Å². The highest BCUT2D eigenvalue weighted by molar-refractivity contribution is 6.05. The van der Waals surface area contributed by atoms with Crippen LogP contribution in [-0.2, 0) is 45.1 Å². The molecule has 4 fully saturated rings. The number of likely N-dealkylation sites (tertiary alicyclic amines) is 1. The number of nitrogens with one attached hydrogen (secondary N) is 1. The second-order valence-electron chi connectivity index (χ2n) is 18.6. The molecular formula is C47H57F2N9O6. The van der Waals surface area contributed by atoms with Crippen LogP contribution in [0.25, 0.3) is 0 Å². The van der Waals surface area contributed by atoms with Crippen LogP contribution < -0.4 is 15.1 Å². The number of hydrogen-bond donors (Lipinski definition) is 1. The van der Waals surface area contributed by atoms with Gasteiger partial charge in [0.1, 0.15) is 6.04 Å². The Kier molecular flexibility index (Phi) is 11.6. The molecule has 4 saturated heterocycles. The van der Waals surface area contributed by atoms with Crippen molar-refractivity contribution in [3.8, 4) is 0 Å². The third-order valence-electron chi connectivity index (χ3n) is 14.8. The number of carbonyl (C=O) groups is 5. The number of fused-ring (bicyclic) bond motifs is 3. The van der Waals surface area contributed by atoms with Gasteiger partial charge in [0.05, 0.1) is 12.6 Å². The fourth-order valence-electron chi connectivity index (χ4n) is 11.2. The minimum Gasteiger partial charge on any atom is -0.381 e. The van der Waals surface area contributed by atoms with Crippen molar-refractivity contribution in [2.24, 2.45) is 5.92 Å². The maximum absolute atomic E-state index is 15.0. The van der Waals surface area contributed by atoms with E-state index < -0.39 is 18.4 Å². The summed E-state index contributed by atoms with van der Waals surface area (Å²) in [7, 11) is 0. The molecule has 0 saturated carbocycles. The van der Waals surface area contributed by atoms with Gasteiger partial charge in [-0.2, -0.15) is 5.10 Å². The Bertz CT molecular complexity index is 2350. The molecule has 64 heavy (non-hydrogen) atoms. The van der Waals surface area contributed by atoms with E-state index in [-0.39, 0.29) is 47.2 Å². The normalized spacial score (nSPS) is 22.5. The monoisotopic (exact) mass is 881 g/mol. The third-order valence-corrected chi connectivity index (χ3v) is 14.8. The van der Waals surface area contributed by atoms with E-state index in [0.29, 0.717) is 88.9 Å². The van der Waals surface area contributed by atoms with Crippen molar-refractivity contribution in [1.82, 2.24) is 34.7 Å². The zero-order valence-electron chi connectivity index (χ0n) is 36.5. The SMILES string of the molecule is CC(=O)N1CCc2c(c(N3CCCc4cc(C(=O)N5CCC(CN6CCN(c7ccc8c(c7)CN(C7CCC(=O)NC7=O)C8=O)CC6)CC5)c(C(F)F)cc43)nn2C2CCOCC2)C1. The molecule has 1 N–H and O–H groups in total. The second-order valence-corrected chi connectivity index (χ2v) is 18.6. The van der Waals surface area contributed by atoms with Gasteiger partial charge in [-0.3, -0.25) is 38.9 Å². The summed E-state index contributed by atoms with van der Waals surface area (Å²) in [5, 5.41) is 7.55. The van der Waals surface area contributed by atoms with Gasteiger partial charge in [0.15, 0.2) is 5.82 Å². The number of benzene rings is 2. The molecule has 10 rings (SSSR count). The van der Waals surface area contributed by atoms with Crippen molar-refractivity contribution in [1.29, 1.82) is 0 Å². The first-order chi connectivity index (χ1) is 31.0. The van der Waals surface area contributed by atoms with Crippen LogP contribution in [0.2, 0.25) is 0 Å². The second kappa shape index (κ2) is 17.5. The Morgan fingerprint density at radius 3 is 2.36 bits per heavy atom. The van der Waals surface area contributed by atoms with E-state index in [0.717, 1.165) is 98.7 Å². The van der Waals surface area contributed by atoms with Gasteiger partial charge in [-0.1, -0.05) is 0 Å². The standard InChI is InChI=1S/C47H57F2N9O6/c1-29(59)55-16-10-39-38(28-55)44(51-58(39)33-11-21-64-22-12-33)56-13-2-3-31-24-37(36(43(48)49)25-41(31)56)46(62)54-14-8-30(9-15-54)26-52-17-19-53(20-18-52)34-4-5-35-32(23-34)27-57(47(35)63)40-6-7-42(60)50-45(40)61/h4-5,23-25,30,33,40,43H,2-3,6-22,26-28H2,1H3,(H,50,60,61). The third kappa shape index (κ3) is 8.02. The molecule has 0 bridgehead atoms. The number of anilines is 3. The number of piperazine rings is 1. The summed E-state index contributed by atoms with van der Waals surface area (Å²) < 4.78 is 37.9. The number of rotatable bonds is 8. The van der Waals surface area contributed by atoms with Crippen molar-refractivity contribution >= 4 is 46.7 Å². The van der Waals surface area contributed by atoms with Gasteiger partial charge in [-0.15, -0.1) is 0 Å². The predicted molar refractivity (Wildman–Crippen MR) is 233 cm³/mol. The van der Waals surface area contributed by atoms with Crippen molar-refractivity contribution in [3.63, 3.8) is 0 Å². The topological polar surface area (TPSA) is 144 Å². The Morgan fingerprint density at radius 1 is 0.844 bits per heavy atom. The van der Waals surface area contributed by atoms with Gasteiger partial charge >= 0.3 is 0 Å². The van der Waals surface area contributed by atoms with E-state index in [1.54, 1.807) is 22.8 Å². The smallest absolute Gasteiger partial charge is 0.264 e. The summed E-state index contributed by atoms with van der Waals surface area (Å²) in [4.78, 5) is 76.0. The Balaban J connectivity index is 0.772. The first-order valence-corrected chi connectivity index (χ1v) is 23.2. The highest BCUT2D eigenvalue weighted by atomic mass is 19.3. The van der Waals surface area contributed by atoms with Crippen LogP contribution in [-0.4, -0.2) is 137 Å². The molecular weight excluding hydrogens is 825 g/mol. The summed E-state index contributed by atoms with van der Waals surface area (Å²) in [6, 6.07) is 8.67. The zero-order chi connectivity index (χ0) is 44.2. The number of carbonyl (C=O) groups excluding carboxylic acids is 5. The molecule has 0 radical (unpaired) electrons. The maximum atomic E-state index is 15.0. The van der Waals surface area contributed by atoms with Crippen molar-refractivity contribution in [2.75, 3.05) is 81.9 Å². The molecule has 8 heterocycles. The molecule has 15 nitrogen and oxygen atoms in total. The number of aromatic nitrogens is 2. The molecule has 1 unspecified atom stereocenters. The van der Waals surface area contributed by atoms with Crippen LogP contribution in [0.3, 0.4) is 0 Å². The molecule has 17 heteroatoms. The fraction of sp³-hybridized carbons (Fsp3) is 0.574. The van der Waals surface area contributed by atoms with Crippen LogP contribution in [0.4, 0.5) is 26.0 Å². The van der Waals surface area contributed by atoms with Gasteiger partial charge in [-0.25, -0.2) is 8.78 Å². The highest BCUT2D eigenvalue weighted by Crippen LogP contribution is 2.42. The lowest BCUT2D eigenvalue weighted by Gasteiger charge is -2.40. The lowest BCUT2D eigenvalue weighted by atomic mass is 9.92. The van der Waals surface area contributed by atoms with Crippen LogP contribution in [0.1, 0.15) is 113 Å². The number of nitrogens with zero attached hydrogens (tertiary/aromatic N) is 8. The van der Waals surface area contributed by atoms with E-state index >= 15 is 8.78 Å². The zero-order valence-corrected chi connectivity index (χ0v) is 36.5. The Morgan fingerprint density at radius 2 is 1.62 bits per heavy atom. The molecule has 3 aromatic rings. The molecule has 1 aromatic heterocycles. The summed E-state index contributed by atoms with van der Waals surface area (Å²) in [5.41, 5.74) is 5.99. The number of hydrogen-bond acceptors (Lipinski definition) is 10. The lowest BCUT2D eigenvalue weighted by Crippen LogP contribution is -2.52. The minimum absolute atomic E-state index is 0.00283. The van der Waals surface area contributed by atoms with Crippen LogP contribution in [0.5, 0.6) is 0 Å². The molecule has 7 aliphatic heterocycles. The number of piperidine rings is 2. The number of alkyl halides is 2. The van der Waals surface area contributed by atoms with Crippen LogP contribution in [0, 0.1) is 5.92 Å². The van der Waals surface area contributed by atoms with Gasteiger partial charge in [0, 0.05) is 138 Å². The molecule has 1 atom stereocenters. The number of halogens is 2. The van der Waals surface area contributed by atoms with Crippen molar-refractivity contribution in [2.45, 2.75) is 96.3 Å². The molecule has 0 spiro atoms. The number of ether oxygens (including phenoxy) is 1. The molecule has 7 aliphatic rings. The Labute approximate surface area is 371 Å². The largest absolute Gasteiger partial charge is 0.381 e. The van der Waals surface area contributed by atoms with Crippen molar-refractivity contribution < 1.29 is 37.5 Å². The van der Waals surface area contributed by atoms with Crippen LogP contribution >= 0.6 is 0 Å². The van der Waals surface area contributed by atoms with E-state index in [4.69, 9.17) is 9.84 Å². The van der Waals surface area contributed by atoms with Gasteiger partial charge in [0.2, 0.25) is 17.7 Å². The predicted octanol–water partition coefficient (Wildman–Crippen LogP) is 4.60. The summed E-state index contributed by atoms with van der Waals surface area (Å²) in [6.07, 6.45) is 3.14.